The number of halogens is 1. The van der Waals surface area contributed by atoms with Crippen molar-refractivity contribution in [2.75, 3.05) is 37.4 Å². The molecule has 1 saturated heterocycles. The molecule has 2 aromatic rings. The summed E-state index contributed by atoms with van der Waals surface area (Å²) in [6, 6.07) is 5.52. The van der Waals surface area contributed by atoms with Gasteiger partial charge in [-0.25, -0.2) is 9.97 Å². The van der Waals surface area contributed by atoms with Crippen LogP contribution in [0.25, 0.3) is 0 Å². The Morgan fingerprint density at radius 3 is 2.67 bits per heavy atom. The van der Waals surface area contributed by atoms with Crippen LogP contribution in [0.15, 0.2) is 24.5 Å². The van der Waals surface area contributed by atoms with E-state index in [1.54, 1.807) is 18.2 Å². The summed E-state index contributed by atoms with van der Waals surface area (Å²) in [6.45, 7) is 3.80. The van der Waals surface area contributed by atoms with E-state index in [9.17, 15) is 10.1 Å². The average Bonchev–Trinajstić information content (AvgIpc) is 2.63. The zero-order valence-corrected chi connectivity index (χ0v) is 16.4. The zero-order valence-electron chi connectivity index (χ0n) is 15.6. The number of nitro groups is 1. The van der Waals surface area contributed by atoms with Gasteiger partial charge in [0.1, 0.15) is 6.33 Å². The predicted octanol–water partition coefficient (Wildman–Crippen LogP) is 3.62. The van der Waals surface area contributed by atoms with Crippen molar-refractivity contribution < 1.29 is 4.92 Å². The van der Waals surface area contributed by atoms with Gasteiger partial charge < -0.3 is 15.1 Å². The third-order valence-electron chi connectivity index (χ3n) is 5.00. The van der Waals surface area contributed by atoms with Gasteiger partial charge in [0.25, 0.3) is 0 Å². The first kappa shape index (κ1) is 19.3. The molecule has 3 rings (SSSR count). The summed E-state index contributed by atoms with van der Waals surface area (Å²) in [7, 11) is 3.95. The molecule has 0 unspecified atom stereocenters. The topological polar surface area (TPSA) is 87.4 Å². The van der Waals surface area contributed by atoms with E-state index in [1.807, 2.05) is 18.9 Å². The van der Waals surface area contributed by atoms with E-state index >= 15 is 0 Å². The van der Waals surface area contributed by atoms with E-state index < -0.39 is 4.92 Å². The van der Waals surface area contributed by atoms with Crippen LogP contribution in [0.1, 0.15) is 18.4 Å². The van der Waals surface area contributed by atoms with E-state index in [1.165, 1.54) is 6.33 Å². The van der Waals surface area contributed by atoms with Crippen LogP contribution < -0.4 is 10.2 Å². The molecular weight excluding hydrogens is 368 g/mol. The second-order valence-corrected chi connectivity index (χ2v) is 7.32. The molecule has 1 fully saturated rings. The number of aryl methyl sites for hydroxylation is 1. The second-order valence-electron chi connectivity index (χ2n) is 6.88. The molecule has 27 heavy (non-hydrogen) atoms. The van der Waals surface area contributed by atoms with Crippen LogP contribution in [0, 0.1) is 17.0 Å². The molecule has 1 N–H and O–H groups in total. The summed E-state index contributed by atoms with van der Waals surface area (Å²) >= 11 is 5.99. The molecule has 0 bridgehead atoms. The highest BCUT2D eigenvalue weighted by atomic mass is 35.5. The molecule has 0 aliphatic carbocycles. The van der Waals surface area contributed by atoms with E-state index in [2.05, 4.69) is 27.2 Å². The summed E-state index contributed by atoms with van der Waals surface area (Å²) in [5.74, 6) is 0.508. The molecule has 1 aliphatic heterocycles. The van der Waals surface area contributed by atoms with E-state index in [-0.39, 0.29) is 17.5 Å². The van der Waals surface area contributed by atoms with E-state index in [0.717, 1.165) is 31.5 Å². The summed E-state index contributed by atoms with van der Waals surface area (Å²) in [4.78, 5) is 23.9. The summed E-state index contributed by atoms with van der Waals surface area (Å²) in [5.41, 5.74) is 1.48. The maximum absolute atomic E-state index is 11.8. The number of benzene rings is 1. The van der Waals surface area contributed by atoms with Crippen molar-refractivity contribution in [3.63, 3.8) is 0 Å². The lowest BCUT2D eigenvalue weighted by molar-refractivity contribution is -0.383. The molecule has 0 saturated carbocycles. The molecule has 8 nitrogen and oxygen atoms in total. The quantitative estimate of drug-likeness (QED) is 0.616. The van der Waals surface area contributed by atoms with Crippen LogP contribution in [0.2, 0.25) is 5.02 Å². The van der Waals surface area contributed by atoms with Crippen molar-refractivity contribution in [3.05, 3.63) is 45.2 Å². The van der Waals surface area contributed by atoms with Gasteiger partial charge in [0.2, 0.25) is 11.6 Å². The van der Waals surface area contributed by atoms with Gasteiger partial charge in [-0.15, -0.1) is 0 Å². The van der Waals surface area contributed by atoms with Gasteiger partial charge in [-0.2, -0.15) is 0 Å². The summed E-state index contributed by atoms with van der Waals surface area (Å²) < 4.78 is 0. The molecule has 1 aliphatic rings. The third-order valence-corrected chi connectivity index (χ3v) is 5.23. The lowest BCUT2D eigenvalue weighted by Gasteiger charge is -2.35. The number of nitrogens with zero attached hydrogens (tertiary/aromatic N) is 5. The number of nitrogens with one attached hydrogen (secondary N) is 1. The van der Waals surface area contributed by atoms with Crippen LogP contribution in [-0.4, -0.2) is 53.0 Å². The largest absolute Gasteiger partial charge is 0.353 e. The van der Waals surface area contributed by atoms with Crippen LogP contribution in [0.4, 0.5) is 23.0 Å². The zero-order chi connectivity index (χ0) is 19.6. The van der Waals surface area contributed by atoms with Gasteiger partial charge in [-0.05, 0) is 63.7 Å². The predicted molar refractivity (Wildman–Crippen MR) is 107 cm³/mol. The normalized spacial score (nSPS) is 15.6. The molecule has 1 aromatic heterocycles. The molecule has 0 amide bonds. The van der Waals surface area contributed by atoms with Crippen molar-refractivity contribution in [1.29, 1.82) is 0 Å². The lowest BCUT2D eigenvalue weighted by Crippen LogP contribution is -2.42. The molecular formula is C18H23ClN6O2. The highest BCUT2D eigenvalue weighted by Gasteiger charge is 2.30. The Morgan fingerprint density at radius 2 is 2.04 bits per heavy atom. The SMILES string of the molecule is Cc1cc(Cl)ccc1Nc1ncnc(N(C)C2CCN(C)CC2)c1[N+](=O)[O-]. The molecule has 0 atom stereocenters. The fourth-order valence-corrected chi connectivity index (χ4v) is 3.56. The number of aromatic nitrogens is 2. The second kappa shape index (κ2) is 8.06. The summed E-state index contributed by atoms with van der Waals surface area (Å²) in [6.07, 6.45) is 3.24. The monoisotopic (exact) mass is 390 g/mol. The summed E-state index contributed by atoms with van der Waals surface area (Å²) in [5, 5.41) is 15.5. The first-order valence-electron chi connectivity index (χ1n) is 8.80. The number of rotatable bonds is 5. The number of likely N-dealkylation sites (tertiary alicyclic amines) is 1. The first-order valence-corrected chi connectivity index (χ1v) is 9.18. The smallest absolute Gasteiger partial charge is 0.351 e. The first-order chi connectivity index (χ1) is 12.9. The Hall–Kier alpha value is -2.45. The Kier molecular flexibility index (Phi) is 5.76. The Balaban J connectivity index is 1.94. The minimum absolute atomic E-state index is 0.117. The van der Waals surface area contributed by atoms with Gasteiger partial charge in [0.15, 0.2) is 0 Å². The van der Waals surface area contributed by atoms with Crippen molar-refractivity contribution in [1.82, 2.24) is 14.9 Å². The Morgan fingerprint density at radius 1 is 1.33 bits per heavy atom. The average molecular weight is 391 g/mol. The number of piperidine rings is 1. The number of hydrogen-bond acceptors (Lipinski definition) is 7. The van der Waals surface area contributed by atoms with E-state index in [0.29, 0.717) is 16.5 Å². The van der Waals surface area contributed by atoms with Crippen molar-refractivity contribution in [3.8, 4) is 0 Å². The van der Waals surface area contributed by atoms with Crippen molar-refractivity contribution >= 4 is 34.6 Å². The molecule has 2 heterocycles. The number of anilines is 3. The van der Waals surface area contributed by atoms with Crippen LogP contribution in [0.3, 0.4) is 0 Å². The van der Waals surface area contributed by atoms with Gasteiger partial charge >= 0.3 is 5.69 Å². The Bertz CT molecular complexity index is 839. The highest BCUT2D eigenvalue weighted by Crippen LogP contribution is 2.35. The minimum atomic E-state index is -0.422. The van der Waals surface area contributed by atoms with Crippen molar-refractivity contribution in [2.24, 2.45) is 0 Å². The Labute approximate surface area is 163 Å². The van der Waals surface area contributed by atoms with Crippen LogP contribution >= 0.6 is 11.6 Å². The lowest BCUT2D eigenvalue weighted by atomic mass is 10.0. The van der Waals surface area contributed by atoms with Gasteiger partial charge in [-0.1, -0.05) is 11.6 Å². The van der Waals surface area contributed by atoms with Gasteiger partial charge in [-0.3, -0.25) is 10.1 Å². The van der Waals surface area contributed by atoms with Gasteiger partial charge in [0, 0.05) is 23.8 Å². The molecule has 0 radical (unpaired) electrons. The number of hydrogen-bond donors (Lipinski definition) is 1. The fraction of sp³-hybridized carbons (Fsp3) is 0.444. The van der Waals surface area contributed by atoms with E-state index in [4.69, 9.17) is 11.6 Å². The molecule has 1 aromatic carbocycles. The minimum Gasteiger partial charge on any atom is -0.351 e. The van der Waals surface area contributed by atoms with Crippen LogP contribution in [-0.2, 0) is 0 Å². The maximum Gasteiger partial charge on any atom is 0.353 e. The highest BCUT2D eigenvalue weighted by molar-refractivity contribution is 6.30. The molecule has 9 heteroatoms. The van der Waals surface area contributed by atoms with Crippen molar-refractivity contribution in [2.45, 2.75) is 25.8 Å². The van der Waals surface area contributed by atoms with Crippen LogP contribution in [0.5, 0.6) is 0 Å². The maximum atomic E-state index is 11.8. The molecule has 0 spiro atoms. The molecule has 144 valence electrons. The third kappa shape index (κ3) is 4.28. The fourth-order valence-electron chi connectivity index (χ4n) is 3.34. The van der Waals surface area contributed by atoms with Gasteiger partial charge in [0.05, 0.1) is 4.92 Å². The standard InChI is InChI=1S/C18H23ClN6O2/c1-12-10-13(19)4-5-15(12)22-17-16(25(26)27)18(21-11-20-17)24(3)14-6-8-23(2)9-7-14/h4-5,10-11,14H,6-9H2,1-3H3,(H,20,21,22).